The summed E-state index contributed by atoms with van der Waals surface area (Å²) in [6.07, 6.45) is 2.66. The summed E-state index contributed by atoms with van der Waals surface area (Å²) in [6.45, 7) is 19.2. The molecule has 0 radical (unpaired) electrons. The summed E-state index contributed by atoms with van der Waals surface area (Å²) < 4.78 is 0. The van der Waals surface area contributed by atoms with E-state index in [-0.39, 0.29) is 0 Å². The second-order valence-electron chi connectivity index (χ2n) is 6.36. The van der Waals surface area contributed by atoms with Crippen molar-refractivity contribution in [3.63, 3.8) is 0 Å². The van der Waals surface area contributed by atoms with Crippen molar-refractivity contribution < 1.29 is 0 Å². The van der Waals surface area contributed by atoms with Gasteiger partial charge < -0.3 is 0 Å². The van der Waals surface area contributed by atoms with Gasteiger partial charge in [0.05, 0.1) is 0 Å². The van der Waals surface area contributed by atoms with Gasteiger partial charge in [-0.25, -0.2) is 0 Å². The topological polar surface area (TPSA) is 0 Å². The van der Waals surface area contributed by atoms with Crippen molar-refractivity contribution in [1.29, 1.82) is 0 Å². The Kier molecular flexibility index (Phi) is 5.92. The third-order valence-electron chi connectivity index (χ3n) is 4.81. The zero-order valence-corrected chi connectivity index (χ0v) is 12.2. The van der Waals surface area contributed by atoms with Crippen LogP contribution in [0, 0.1) is 29.1 Å². The molecule has 92 valence electrons. The Bertz CT molecular complexity index is 169. The van der Waals surface area contributed by atoms with Gasteiger partial charge in [-0.1, -0.05) is 61.8 Å². The Labute approximate surface area is 97.8 Å². The lowest BCUT2D eigenvalue weighted by Crippen LogP contribution is -2.38. The monoisotopic (exact) mass is 212 g/mol. The van der Waals surface area contributed by atoms with Crippen LogP contribution in [0.4, 0.5) is 0 Å². The zero-order valence-electron chi connectivity index (χ0n) is 12.2. The van der Waals surface area contributed by atoms with Crippen molar-refractivity contribution in [3.05, 3.63) is 0 Å². The van der Waals surface area contributed by atoms with Crippen LogP contribution in [0.15, 0.2) is 0 Å². The van der Waals surface area contributed by atoms with Crippen LogP contribution >= 0.6 is 0 Å². The number of hydrogen-bond acceptors (Lipinski definition) is 0. The van der Waals surface area contributed by atoms with E-state index >= 15 is 0 Å². The molecule has 0 aliphatic rings. The first-order valence-corrected chi connectivity index (χ1v) is 6.76. The van der Waals surface area contributed by atoms with Gasteiger partial charge in [0.25, 0.3) is 0 Å². The van der Waals surface area contributed by atoms with E-state index in [0.717, 1.165) is 23.7 Å². The fourth-order valence-corrected chi connectivity index (χ4v) is 3.02. The minimum atomic E-state index is 0.499. The van der Waals surface area contributed by atoms with Crippen LogP contribution in [0.25, 0.3) is 0 Å². The fraction of sp³-hybridized carbons (Fsp3) is 1.00. The van der Waals surface area contributed by atoms with Crippen molar-refractivity contribution in [3.8, 4) is 0 Å². The van der Waals surface area contributed by atoms with Gasteiger partial charge in [-0.3, -0.25) is 0 Å². The van der Waals surface area contributed by atoms with E-state index in [1.165, 1.54) is 12.8 Å². The molecule has 0 rings (SSSR count). The van der Waals surface area contributed by atoms with Crippen molar-refractivity contribution in [2.24, 2.45) is 29.1 Å². The first kappa shape index (κ1) is 15.0. The van der Waals surface area contributed by atoms with Gasteiger partial charge in [-0.2, -0.15) is 0 Å². The summed E-state index contributed by atoms with van der Waals surface area (Å²) >= 11 is 0. The molecule has 0 saturated heterocycles. The van der Waals surface area contributed by atoms with E-state index in [2.05, 4.69) is 55.4 Å². The van der Waals surface area contributed by atoms with Crippen LogP contribution in [0.2, 0.25) is 0 Å². The van der Waals surface area contributed by atoms with Gasteiger partial charge in [0.1, 0.15) is 0 Å². The highest BCUT2D eigenvalue weighted by Gasteiger charge is 2.38. The van der Waals surface area contributed by atoms with Gasteiger partial charge in [0, 0.05) is 0 Å². The predicted octanol–water partition coefficient (Wildman–Crippen LogP) is 5.38. The largest absolute Gasteiger partial charge is 0.0651 e. The van der Waals surface area contributed by atoms with Crippen LogP contribution in [0.3, 0.4) is 0 Å². The molecule has 0 aromatic rings. The minimum Gasteiger partial charge on any atom is -0.0651 e. The molecule has 0 aliphatic carbocycles. The second-order valence-corrected chi connectivity index (χ2v) is 6.36. The van der Waals surface area contributed by atoms with Gasteiger partial charge in [-0.15, -0.1) is 0 Å². The summed E-state index contributed by atoms with van der Waals surface area (Å²) in [4.78, 5) is 0. The summed E-state index contributed by atoms with van der Waals surface area (Å²) in [5.74, 6) is 3.25. The van der Waals surface area contributed by atoms with E-state index in [1.807, 2.05) is 0 Å². The highest BCUT2D eigenvalue weighted by atomic mass is 14.4. The Morgan fingerprint density at radius 2 is 1.33 bits per heavy atom. The molecule has 0 bridgehead atoms. The molecule has 3 unspecified atom stereocenters. The van der Waals surface area contributed by atoms with E-state index < -0.39 is 0 Å². The lowest BCUT2D eigenvalue weighted by molar-refractivity contribution is 0.0395. The smallest absolute Gasteiger partial charge is 0.0251 e. The van der Waals surface area contributed by atoms with E-state index in [1.54, 1.807) is 0 Å². The Morgan fingerprint density at radius 1 is 0.867 bits per heavy atom. The molecule has 0 saturated carbocycles. The molecule has 15 heavy (non-hydrogen) atoms. The average molecular weight is 212 g/mol. The first-order chi connectivity index (χ1) is 6.76. The molecule has 3 atom stereocenters. The van der Waals surface area contributed by atoms with Crippen molar-refractivity contribution in [2.75, 3.05) is 0 Å². The van der Waals surface area contributed by atoms with Crippen LogP contribution in [0.5, 0.6) is 0 Å². The normalized spacial score (nSPS) is 20.4. The van der Waals surface area contributed by atoms with Crippen molar-refractivity contribution in [2.45, 2.75) is 68.2 Å². The maximum Gasteiger partial charge on any atom is -0.0251 e. The maximum atomic E-state index is 2.50. The standard InChI is InChI=1S/C15H32/c1-9-13(6)15(8,12(4)5)14(7)10-11(2)3/h11-14H,9-10H2,1-8H3. The van der Waals surface area contributed by atoms with Gasteiger partial charge in [0.2, 0.25) is 0 Å². The third-order valence-corrected chi connectivity index (χ3v) is 4.81. The van der Waals surface area contributed by atoms with Gasteiger partial charge in [0.15, 0.2) is 0 Å². The summed E-state index contributed by atoms with van der Waals surface area (Å²) in [6, 6.07) is 0. The number of hydrogen-bond donors (Lipinski definition) is 0. The average Bonchev–Trinajstić information content (AvgIpc) is 2.13. The molecular weight excluding hydrogens is 180 g/mol. The highest BCUT2D eigenvalue weighted by Crippen LogP contribution is 2.46. The Balaban J connectivity index is 4.77. The van der Waals surface area contributed by atoms with Crippen LogP contribution in [-0.4, -0.2) is 0 Å². The van der Waals surface area contributed by atoms with Crippen molar-refractivity contribution >= 4 is 0 Å². The summed E-state index contributed by atoms with van der Waals surface area (Å²) in [5, 5.41) is 0. The minimum absolute atomic E-state index is 0.499. The summed E-state index contributed by atoms with van der Waals surface area (Å²) in [5.41, 5.74) is 0.499. The molecule has 0 N–H and O–H groups in total. The van der Waals surface area contributed by atoms with E-state index in [9.17, 15) is 0 Å². The molecule has 0 spiro atoms. The maximum absolute atomic E-state index is 2.50. The SMILES string of the molecule is CCC(C)C(C)(C(C)C)C(C)CC(C)C. The Morgan fingerprint density at radius 3 is 1.60 bits per heavy atom. The summed E-state index contributed by atoms with van der Waals surface area (Å²) in [7, 11) is 0. The van der Waals surface area contributed by atoms with E-state index in [0.29, 0.717) is 5.41 Å². The molecule has 0 aromatic carbocycles. The van der Waals surface area contributed by atoms with Gasteiger partial charge in [-0.05, 0) is 35.5 Å². The third kappa shape index (κ3) is 3.50. The lowest BCUT2D eigenvalue weighted by Gasteiger charge is -2.45. The molecule has 0 nitrogen and oxygen atoms in total. The molecule has 0 heterocycles. The predicted molar refractivity (Wildman–Crippen MR) is 71.0 cm³/mol. The first-order valence-electron chi connectivity index (χ1n) is 6.76. The molecule has 0 amide bonds. The molecule has 0 heteroatoms. The molecule has 0 fully saturated rings. The number of rotatable bonds is 6. The van der Waals surface area contributed by atoms with Crippen molar-refractivity contribution in [1.82, 2.24) is 0 Å². The fourth-order valence-electron chi connectivity index (χ4n) is 3.02. The van der Waals surface area contributed by atoms with Crippen LogP contribution in [0.1, 0.15) is 68.2 Å². The quantitative estimate of drug-likeness (QED) is 0.554. The lowest BCUT2D eigenvalue weighted by atomic mass is 9.60. The van der Waals surface area contributed by atoms with E-state index in [4.69, 9.17) is 0 Å². The van der Waals surface area contributed by atoms with Crippen LogP contribution in [-0.2, 0) is 0 Å². The second kappa shape index (κ2) is 5.92. The zero-order chi connectivity index (χ0) is 12.2. The highest BCUT2D eigenvalue weighted by molar-refractivity contribution is 4.87. The molecule has 0 aromatic heterocycles. The van der Waals surface area contributed by atoms with Gasteiger partial charge >= 0.3 is 0 Å². The Hall–Kier alpha value is 0. The van der Waals surface area contributed by atoms with Crippen LogP contribution < -0.4 is 0 Å². The molecular formula is C15H32. The molecule has 0 aliphatic heterocycles.